The van der Waals surface area contributed by atoms with Crippen LogP contribution in [-0.2, 0) is 22.9 Å². The van der Waals surface area contributed by atoms with Crippen molar-refractivity contribution in [2.45, 2.75) is 12.8 Å². The van der Waals surface area contributed by atoms with Crippen molar-refractivity contribution >= 4 is 10.0 Å². The highest BCUT2D eigenvalue weighted by atomic mass is 32.2. The van der Waals surface area contributed by atoms with Crippen LogP contribution in [0.2, 0.25) is 0 Å². The molecule has 22 heavy (non-hydrogen) atoms. The van der Waals surface area contributed by atoms with Crippen LogP contribution in [0.1, 0.15) is 11.1 Å². The number of nitrogens with one attached hydrogen (secondary N) is 1. The third-order valence-electron chi connectivity index (χ3n) is 3.27. The van der Waals surface area contributed by atoms with Gasteiger partial charge in [0.05, 0.1) is 5.75 Å². The van der Waals surface area contributed by atoms with Crippen molar-refractivity contribution in [3.8, 4) is 0 Å². The first-order valence-electron chi connectivity index (χ1n) is 6.92. The monoisotopic (exact) mass is 325 g/mol. The maximum atomic E-state index is 13.4. The number of aryl methyl sites for hydroxylation is 1. The molecule has 6 heteroatoms. The molecule has 0 amide bonds. The third kappa shape index (κ3) is 4.89. The van der Waals surface area contributed by atoms with E-state index in [0.29, 0.717) is 11.1 Å². The average molecular weight is 325 g/mol. The zero-order chi connectivity index (χ0) is 16.0. The number of rotatable bonds is 7. The van der Waals surface area contributed by atoms with Crippen molar-refractivity contribution in [2.24, 2.45) is 0 Å². The number of halogens is 2. The van der Waals surface area contributed by atoms with Crippen molar-refractivity contribution in [1.82, 2.24) is 4.72 Å². The van der Waals surface area contributed by atoms with Crippen LogP contribution >= 0.6 is 0 Å². The lowest BCUT2D eigenvalue weighted by Gasteiger charge is -2.08. The van der Waals surface area contributed by atoms with Gasteiger partial charge in [-0.25, -0.2) is 21.9 Å². The van der Waals surface area contributed by atoms with E-state index < -0.39 is 15.8 Å². The second kappa shape index (κ2) is 7.47. The first-order chi connectivity index (χ1) is 10.5. The maximum absolute atomic E-state index is 13.4. The van der Waals surface area contributed by atoms with Crippen LogP contribution in [0.5, 0.6) is 0 Å². The molecule has 0 heterocycles. The lowest BCUT2D eigenvalue weighted by atomic mass is 10.1. The van der Waals surface area contributed by atoms with Gasteiger partial charge >= 0.3 is 0 Å². The first-order valence-corrected chi connectivity index (χ1v) is 8.57. The summed E-state index contributed by atoms with van der Waals surface area (Å²) in [5, 5.41) is 0. The average Bonchev–Trinajstić information content (AvgIpc) is 2.48. The molecule has 0 unspecified atom stereocenters. The number of benzene rings is 2. The summed E-state index contributed by atoms with van der Waals surface area (Å²) in [5.41, 5.74) is 0.821. The van der Waals surface area contributed by atoms with Crippen LogP contribution in [0.3, 0.4) is 0 Å². The van der Waals surface area contributed by atoms with Gasteiger partial charge in [0.2, 0.25) is 10.0 Å². The SMILES string of the molecule is O=S(=O)(CCc1ccccc1F)NCCc1ccccc1F. The van der Waals surface area contributed by atoms with Crippen molar-refractivity contribution in [1.29, 1.82) is 0 Å². The molecule has 1 N–H and O–H groups in total. The largest absolute Gasteiger partial charge is 0.215 e. The number of hydrogen-bond donors (Lipinski definition) is 1. The minimum Gasteiger partial charge on any atom is -0.215 e. The minimum atomic E-state index is -3.52. The predicted octanol–water partition coefficient (Wildman–Crippen LogP) is 2.67. The van der Waals surface area contributed by atoms with Crippen LogP contribution < -0.4 is 4.72 Å². The molecule has 0 bridgehead atoms. The summed E-state index contributed by atoms with van der Waals surface area (Å²) in [6.07, 6.45) is 0.368. The van der Waals surface area contributed by atoms with Crippen LogP contribution in [-0.4, -0.2) is 20.7 Å². The van der Waals surface area contributed by atoms with E-state index in [4.69, 9.17) is 0 Å². The highest BCUT2D eigenvalue weighted by molar-refractivity contribution is 7.89. The topological polar surface area (TPSA) is 46.2 Å². The summed E-state index contributed by atoms with van der Waals surface area (Å²) in [5.74, 6) is -0.970. The Labute approximate surface area is 129 Å². The summed E-state index contributed by atoms with van der Waals surface area (Å²) in [4.78, 5) is 0. The van der Waals surface area contributed by atoms with Gasteiger partial charge in [0.25, 0.3) is 0 Å². The Kier molecular flexibility index (Phi) is 5.63. The van der Waals surface area contributed by atoms with E-state index in [1.165, 1.54) is 12.1 Å². The van der Waals surface area contributed by atoms with Crippen molar-refractivity contribution in [3.05, 3.63) is 71.3 Å². The molecule has 0 spiro atoms. The zero-order valence-corrected chi connectivity index (χ0v) is 12.7. The van der Waals surface area contributed by atoms with Gasteiger partial charge in [-0.2, -0.15) is 0 Å². The highest BCUT2D eigenvalue weighted by Crippen LogP contribution is 2.09. The van der Waals surface area contributed by atoms with Gasteiger partial charge < -0.3 is 0 Å². The minimum absolute atomic E-state index is 0.0989. The molecule has 0 saturated heterocycles. The normalized spacial score (nSPS) is 11.5. The van der Waals surface area contributed by atoms with Gasteiger partial charge in [0, 0.05) is 6.54 Å². The first kappa shape index (κ1) is 16.6. The van der Waals surface area contributed by atoms with E-state index in [0.717, 1.165) is 0 Å². The smallest absolute Gasteiger partial charge is 0.211 e. The standard InChI is InChI=1S/C16H17F2NO2S/c17-15-7-3-1-5-13(15)9-11-19-22(20,21)12-10-14-6-2-4-8-16(14)18/h1-8,19H,9-12H2. The Morgan fingerprint density at radius 2 is 1.32 bits per heavy atom. The van der Waals surface area contributed by atoms with Gasteiger partial charge in [-0.3, -0.25) is 0 Å². The van der Waals surface area contributed by atoms with Gasteiger partial charge in [-0.05, 0) is 36.1 Å². The Balaban J connectivity index is 1.84. The van der Waals surface area contributed by atoms with E-state index in [2.05, 4.69) is 4.72 Å². The molecule has 2 aromatic rings. The van der Waals surface area contributed by atoms with Gasteiger partial charge in [-0.1, -0.05) is 36.4 Å². The van der Waals surface area contributed by atoms with E-state index in [9.17, 15) is 17.2 Å². The Hall–Kier alpha value is -1.79. The van der Waals surface area contributed by atoms with E-state index in [1.54, 1.807) is 36.4 Å². The molecule has 3 nitrogen and oxygen atoms in total. The summed E-state index contributed by atoms with van der Waals surface area (Å²) in [6.45, 7) is 0.112. The fourth-order valence-corrected chi connectivity index (χ4v) is 3.11. The van der Waals surface area contributed by atoms with Crippen LogP contribution in [0.15, 0.2) is 48.5 Å². The molecule has 0 radical (unpaired) electrons. The van der Waals surface area contributed by atoms with E-state index in [1.807, 2.05) is 0 Å². The van der Waals surface area contributed by atoms with E-state index >= 15 is 0 Å². The molecule has 2 aromatic carbocycles. The molecule has 0 aromatic heterocycles. The molecule has 0 aliphatic heterocycles. The Morgan fingerprint density at radius 1 is 0.818 bits per heavy atom. The number of hydrogen-bond acceptors (Lipinski definition) is 2. The fraction of sp³-hybridized carbons (Fsp3) is 0.250. The van der Waals surface area contributed by atoms with Crippen LogP contribution in [0.4, 0.5) is 8.78 Å². The maximum Gasteiger partial charge on any atom is 0.211 e. The molecular weight excluding hydrogens is 308 g/mol. The lowest BCUT2D eigenvalue weighted by Crippen LogP contribution is -2.29. The molecular formula is C16H17F2NO2S. The second-order valence-electron chi connectivity index (χ2n) is 4.90. The molecule has 0 fully saturated rings. The molecule has 118 valence electrons. The van der Waals surface area contributed by atoms with Crippen LogP contribution in [0, 0.1) is 11.6 Å². The number of sulfonamides is 1. The van der Waals surface area contributed by atoms with Crippen molar-refractivity contribution in [3.63, 3.8) is 0 Å². The summed E-state index contributed by atoms with van der Waals surface area (Å²) in [6, 6.07) is 12.3. The lowest BCUT2D eigenvalue weighted by molar-refractivity contribution is 0.574. The Morgan fingerprint density at radius 3 is 1.86 bits per heavy atom. The molecule has 0 atom stereocenters. The van der Waals surface area contributed by atoms with Crippen molar-refractivity contribution < 1.29 is 17.2 Å². The summed E-state index contributed by atoms with van der Waals surface area (Å²) < 4.78 is 53.0. The summed E-state index contributed by atoms with van der Waals surface area (Å²) in [7, 11) is -3.52. The van der Waals surface area contributed by atoms with Gasteiger partial charge in [-0.15, -0.1) is 0 Å². The molecule has 0 aliphatic rings. The van der Waals surface area contributed by atoms with Crippen LogP contribution in [0.25, 0.3) is 0 Å². The fourth-order valence-electron chi connectivity index (χ4n) is 2.06. The molecule has 2 rings (SSSR count). The van der Waals surface area contributed by atoms with Crippen molar-refractivity contribution in [2.75, 3.05) is 12.3 Å². The van der Waals surface area contributed by atoms with Gasteiger partial charge in [0.1, 0.15) is 11.6 Å². The highest BCUT2D eigenvalue weighted by Gasteiger charge is 2.12. The predicted molar refractivity (Wildman–Crippen MR) is 82.0 cm³/mol. The molecule has 0 saturated carbocycles. The zero-order valence-electron chi connectivity index (χ0n) is 11.9. The third-order valence-corrected chi connectivity index (χ3v) is 4.66. The molecule has 0 aliphatic carbocycles. The summed E-state index contributed by atoms with van der Waals surface area (Å²) >= 11 is 0. The van der Waals surface area contributed by atoms with Gasteiger partial charge in [0.15, 0.2) is 0 Å². The second-order valence-corrected chi connectivity index (χ2v) is 6.82. The Bertz CT molecular complexity index is 732. The van der Waals surface area contributed by atoms with E-state index in [-0.39, 0.29) is 31.0 Å². The quantitative estimate of drug-likeness (QED) is 0.851.